The van der Waals surface area contributed by atoms with E-state index in [2.05, 4.69) is 15.6 Å². The van der Waals surface area contributed by atoms with Crippen LogP contribution in [0.3, 0.4) is 0 Å². The quantitative estimate of drug-likeness (QED) is 0.748. The number of hydrogen-bond donors (Lipinski definition) is 3. The zero-order valence-corrected chi connectivity index (χ0v) is 12.0. The molecule has 8 heteroatoms. The molecule has 0 saturated carbocycles. The number of carboxylic acids is 1. The van der Waals surface area contributed by atoms with Gasteiger partial charge in [0, 0.05) is 25.0 Å². The number of aromatic carboxylic acids is 1. The molecule has 0 aromatic carbocycles. The van der Waals surface area contributed by atoms with Crippen molar-refractivity contribution in [3.05, 3.63) is 16.1 Å². The van der Waals surface area contributed by atoms with Gasteiger partial charge in [0.05, 0.1) is 17.2 Å². The fourth-order valence-electron chi connectivity index (χ4n) is 1.89. The van der Waals surface area contributed by atoms with E-state index in [1.807, 2.05) is 6.92 Å². The summed E-state index contributed by atoms with van der Waals surface area (Å²) < 4.78 is 5.25. The van der Waals surface area contributed by atoms with Crippen LogP contribution in [-0.4, -0.2) is 47.4 Å². The Hall–Kier alpha value is -1.67. The first-order valence-corrected chi connectivity index (χ1v) is 7.18. The molecule has 7 nitrogen and oxygen atoms in total. The van der Waals surface area contributed by atoms with E-state index in [0.29, 0.717) is 31.2 Å². The number of nitrogens with zero attached hydrogens (tertiary/aromatic N) is 1. The summed E-state index contributed by atoms with van der Waals surface area (Å²) in [6.07, 6.45) is 1.31. The Bertz CT molecular complexity index is 497. The molecule has 1 fully saturated rings. The van der Waals surface area contributed by atoms with Gasteiger partial charge in [-0.1, -0.05) is 0 Å². The van der Waals surface area contributed by atoms with Crippen LogP contribution in [-0.2, 0) is 11.2 Å². The van der Waals surface area contributed by atoms with E-state index in [1.165, 1.54) is 16.7 Å². The van der Waals surface area contributed by atoms with Crippen LogP contribution in [0, 0.1) is 0 Å². The molecular weight excluding hydrogens is 282 g/mol. The van der Waals surface area contributed by atoms with Crippen molar-refractivity contribution in [2.45, 2.75) is 25.3 Å². The highest BCUT2D eigenvalue weighted by Crippen LogP contribution is 2.17. The highest BCUT2D eigenvalue weighted by Gasteiger charge is 2.31. The van der Waals surface area contributed by atoms with Crippen molar-refractivity contribution < 1.29 is 19.4 Å². The Kier molecular flexibility index (Phi) is 4.56. The number of thiazole rings is 1. The minimum absolute atomic E-state index is 0.0464. The first kappa shape index (κ1) is 14.7. The van der Waals surface area contributed by atoms with E-state index in [1.54, 1.807) is 0 Å². The monoisotopic (exact) mass is 299 g/mol. The topological polar surface area (TPSA) is 101 Å². The first-order chi connectivity index (χ1) is 9.48. The van der Waals surface area contributed by atoms with E-state index in [9.17, 15) is 9.59 Å². The summed E-state index contributed by atoms with van der Waals surface area (Å²) in [5.41, 5.74) is -0.257. The van der Waals surface area contributed by atoms with Crippen LogP contribution in [0.2, 0.25) is 0 Å². The summed E-state index contributed by atoms with van der Waals surface area (Å²) in [5, 5.41) is 16.6. The van der Waals surface area contributed by atoms with Crippen molar-refractivity contribution in [3.8, 4) is 0 Å². The maximum atomic E-state index is 11.7. The van der Waals surface area contributed by atoms with Gasteiger partial charge in [0.1, 0.15) is 0 Å². The third-order valence-electron chi connectivity index (χ3n) is 3.03. The van der Waals surface area contributed by atoms with Gasteiger partial charge in [-0.05, 0) is 13.3 Å². The van der Waals surface area contributed by atoms with Gasteiger partial charge >= 0.3 is 12.0 Å². The third kappa shape index (κ3) is 3.91. The Morgan fingerprint density at radius 1 is 1.60 bits per heavy atom. The molecule has 1 atom stereocenters. The van der Waals surface area contributed by atoms with Gasteiger partial charge < -0.3 is 20.5 Å². The van der Waals surface area contributed by atoms with Crippen LogP contribution < -0.4 is 10.6 Å². The van der Waals surface area contributed by atoms with Crippen LogP contribution in [0.5, 0.6) is 0 Å². The van der Waals surface area contributed by atoms with Gasteiger partial charge in [-0.2, -0.15) is 0 Å². The maximum Gasteiger partial charge on any atom is 0.355 e. The SMILES string of the molecule is CC1(NC(=O)NCCc2nc(C(=O)O)cs2)CCOC1. The molecule has 0 aliphatic carbocycles. The molecule has 1 aromatic heterocycles. The van der Waals surface area contributed by atoms with E-state index in [4.69, 9.17) is 9.84 Å². The van der Waals surface area contributed by atoms with Gasteiger partial charge in [-0.15, -0.1) is 11.3 Å². The second kappa shape index (κ2) is 6.19. The normalized spacial score (nSPS) is 21.6. The molecule has 2 amide bonds. The molecule has 0 spiro atoms. The Labute approximate surface area is 120 Å². The maximum absolute atomic E-state index is 11.7. The lowest BCUT2D eigenvalue weighted by atomic mass is 10.0. The molecule has 20 heavy (non-hydrogen) atoms. The van der Waals surface area contributed by atoms with Gasteiger partial charge in [0.15, 0.2) is 5.69 Å². The van der Waals surface area contributed by atoms with Gasteiger partial charge in [0.25, 0.3) is 0 Å². The number of aromatic nitrogens is 1. The summed E-state index contributed by atoms with van der Waals surface area (Å²) in [6.45, 7) is 3.54. The van der Waals surface area contributed by atoms with Crippen LogP contribution in [0.4, 0.5) is 4.79 Å². The molecule has 1 aromatic rings. The molecular formula is C12H17N3O4S. The minimum atomic E-state index is -1.03. The third-order valence-corrected chi connectivity index (χ3v) is 3.94. The number of rotatable bonds is 5. The van der Waals surface area contributed by atoms with Crippen LogP contribution in [0.25, 0.3) is 0 Å². The average molecular weight is 299 g/mol. The van der Waals surface area contributed by atoms with Crippen molar-refractivity contribution in [2.24, 2.45) is 0 Å². The number of amides is 2. The molecule has 2 heterocycles. The number of carbonyl (C=O) groups excluding carboxylic acids is 1. The lowest BCUT2D eigenvalue weighted by Gasteiger charge is -2.23. The second-order valence-electron chi connectivity index (χ2n) is 4.93. The van der Waals surface area contributed by atoms with Crippen molar-refractivity contribution in [1.29, 1.82) is 0 Å². The molecule has 3 N–H and O–H groups in total. The molecule has 1 saturated heterocycles. The zero-order chi connectivity index (χ0) is 14.6. The summed E-state index contributed by atoms with van der Waals surface area (Å²) in [5.74, 6) is -1.03. The standard InChI is InChI=1S/C12H17N3O4S/c1-12(3-5-19-7-12)15-11(18)13-4-2-9-14-8(6-20-9)10(16)17/h6H,2-5,7H2,1H3,(H,16,17)(H2,13,15,18). The fraction of sp³-hybridized carbons (Fsp3) is 0.583. The number of hydrogen-bond acceptors (Lipinski definition) is 5. The van der Waals surface area contributed by atoms with Gasteiger partial charge in [-0.25, -0.2) is 14.6 Å². The number of carbonyl (C=O) groups is 2. The lowest BCUT2D eigenvalue weighted by Crippen LogP contribution is -2.51. The molecule has 1 aliphatic rings. The smallest absolute Gasteiger partial charge is 0.355 e. The van der Waals surface area contributed by atoms with Crippen molar-refractivity contribution in [1.82, 2.24) is 15.6 Å². The highest BCUT2D eigenvalue weighted by molar-refractivity contribution is 7.09. The van der Waals surface area contributed by atoms with Crippen LogP contribution in [0.15, 0.2) is 5.38 Å². The molecule has 110 valence electrons. The van der Waals surface area contributed by atoms with Gasteiger partial charge in [0.2, 0.25) is 0 Å². The second-order valence-corrected chi connectivity index (χ2v) is 5.87. The minimum Gasteiger partial charge on any atom is -0.476 e. The predicted octanol–water partition coefficient (Wildman–Crippen LogP) is 0.862. The largest absolute Gasteiger partial charge is 0.476 e. The Morgan fingerprint density at radius 2 is 2.40 bits per heavy atom. The van der Waals surface area contributed by atoms with E-state index < -0.39 is 5.97 Å². The summed E-state index contributed by atoms with van der Waals surface area (Å²) >= 11 is 1.28. The summed E-state index contributed by atoms with van der Waals surface area (Å²) in [4.78, 5) is 26.3. The Balaban J connectivity index is 1.72. The van der Waals surface area contributed by atoms with E-state index in [0.717, 1.165) is 6.42 Å². The molecule has 1 unspecified atom stereocenters. The average Bonchev–Trinajstić information content (AvgIpc) is 2.98. The predicted molar refractivity (Wildman–Crippen MR) is 73.2 cm³/mol. The molecule has 2 rings (SSSR count). The highest BCUT2D eigenvalue weighted by atomic mass is 32.1. The van der Waals surface area contributed by atoms with Gasteiger partial charge in [-0.3, -0.25) is 0 Å². The summed E-state index contributed by atoms with van der Waals surface area (Å²) in [6, 6.07) is -0.243. The first-order valence-electron chi connectivity index (χ1n) is 6.30. The summed E-state index contributed by atoms with van der Waals surface area (Å²) in [7, 11) is 0. The van der Waals surface area contributed by atoms with Crippen molar-refractivity contribution in [2.75, 3.05) is 19.8 Å². The van der Waals surface area contributed by atoms with Crippen molar-refractivity contribution in [3.63, 3.8) is 0 Å². The molecule has 0 radical (unpaired) electrons. The number of urea groups is 1. The fourth-order valence-corrected chi connectivity index (χ4v) is 2.66. The van der Waals surface area contributed by atoms with E-state index in [-0.39, 0.29) is 17.3 Å². The lowest BCUT2D eigenvalue weighted by molar-refractivity contribution is 0.0691. The Morgan fingerprint density at radius 3 is 3.00 bits per heavy atom. The number of nitrogens with one attached hydrogen (secondary N) is 2. The zero-order valence-electron chi connectivity index (χ0n) is 11.1. The van der Waals surface area contributed by atoms with Crippen LogP contribution >= 0.6 is 11.3 Å². The number of ether oxygens (including phenoxy) is 1. The van der Waals surface area contributed by atoms with Crippen molar-refractivity contribution >= 4 is 23.3 Å². The molecule has 0 bridgehead atoms. The van der Waals surface area contributed by atoms with E-state index >= 15 is 0 Å². The molecule has 1 aliphatic heterocycles. The number of carboxylic acid groups (broad SMARTS) is 1. The van der Waals surface area contributed by atoms with Crippen LogP contribution in [0.1, 0.15) is 28.8 Å².